The fourth-order valence-corrected chi connectivity index (χ4v) is 3.39. The van der Waals surface area contributed by atoms with Crippen LogP contribution in [0.4, 0.5) is 0 Å². The number of nitrogens with zero attached hydrogens (tertiary/aromatic N) is 1. The molecule has 0 spiro atoms. The van der Waals surface area contributed by atoms with Gasteiger partial charge in [0.1, 0.15) is 0 Å². The minimum Gasteiger partial charge on any atom is -0.330 e. The van der Waals surface area contributed by atoms with E-state index < -0.39 is 0 Å². The summed E-state index contributed by atoms with van der Waals surface area (Å²) in [4.78, 5) is 14.9. The van der Waals surface area contributed by atoms with E-state index in [9.17, 15) is 4.79 Å². The van der Waals surface area contributed by atoms with E-state index in [0.717, 1.165) is 25.1 Å². The van der Waals surface area contributed by atoms with Crippen LogP contribution in [0.3, 0.4) is 0 Å². The van der Waals surface area contributed by atoms with Gasteiger partial charge in [-0.05, 0) is 48.9 Å². The Bertz CT molecular complexity index is 728. The summed E-state index contributed by atoms with van der Waals surface area (Å²) in [6.07, 6.45) is 0.914. The first-order chi connectivity index (χ1) is 11.6. The smallest absolute Gasteiger partial charge is 0.254 e. The second-order valence-corrected chi connectivity index (χ2v) is 7.02. The maximum Gasteiger partial charge on any atom is 0.254 e. The molecule has 1 N–H and O–H groups in total. The van der Waals surface area contributed by atoms with Crippen molar-refractivity contribution in [3.8, 4) is 0 Å². The standard InChI is InChI=1S/C18H17Cl3N2O/c19-14-6-4-12(5-7-14)18(24)23(15-8-9-22-10-15)11-13-2-1-3-16(20)17(13)21/h1-7,15,22H,8-11H2/t15-/m1/s1. The quantitative estimate of drug-likeness (QED) is 0.833. The summed E-state index contributed by atoms with van der Waals surface area (Å²) in [5, 5.41) is 4.91. The average Bonchev–Trinajstić information content (AvgIpc) is 3.10. The van der Waals surface area contributed by atoms with Crippen molar-refractivity contribution in [2.45, 2.75) is 19.0 Å². The maximum absolute atomic E-state index is 13.0. The van der Waals surface area contributed by atoms with Gasteiger partial charge in [0.15, 0.2) is 0 Å². The SMILES string of the molecule is O=C(c1ccc(Cl)cc1)N(Cc1cccc(Cl)c1Cl)[C@@H]1CCNC1. The Hall–Kier alpha value is -1.26. The van der Waals surface area contributed by atoms with Crippen molar-refractivity contribution < 1.29 is 4.79 Å². The van der Waals surface area contributed by atoms with Gasteiger partial charge >= 0.3 is 0 Å². The molecule has 0 bridgehead atoms. The number of benzene rings is 2. The Morgan fingerprint density at radius 3 is 2.54 bits per heavy atom. The molecule has 0 radical (unpaired) electrons. The number of hydrogen-bond donors (Lipinski definition) is 1. The third-order valence-corrected chi connectivity index (χ3v) is 5.31. The molecule has 1 aliphatic heterocycles. The molecule has 0 aromatic heterocycles. The highest BCUT2D eigenvalue weighted by molar-refractivity contribution is 6.42. The van der Waals surface area contributed by atoms with Gasteiger partial charge in [-0.15, -0.1) is 0 Å². The van der Waals surface area contributed by atoms with Crippen LogP contribution in [0, 0.1) is 0 Å². The number of hydrogen-bond acceptors (Lipinski definition) is 2. The number of carbonyl (C=O) groups is 1. The summed E-state index contributed by atoms with van der Waals surface area (Å²) in [7, 11) is 0. The van der Waals surface area contributed by atoms with E-state index in [0.29, 0.717) is 27.2 Å². The highest BCUT2D eigenvalue weighted by atomic mass is 35.5. The number of nitrogens with one attached hydrogen (secondary N) is 1. The lowest BCUT2D eigenvalue weighted by Crippen LogP contribution is -2.41. The first kappa shape index (κ1) is 17.6. The second-order valence-electron chi connectivity index (χ2n) is 5.80. The van der Waals surface area contributed by atoms with E-state index in [1.807, 2.05) is 17.0 Å². The van der Waals surface area contributed by atoms with Crippen molar-refractivity contribution in [3.05, 3.63) is 68.7 Å². The zero-order valence-electron chi connectivity index (χ0n) is 12.9. The van der Waals surface area contributed by atoms with Gasteiger partial charge in [0, 0.05) is 29.7 Å². The van der Waals surface area contributed by atoms with E-state index in [-0.39, 0.29) is 11.9 Å². The molecule has 24 heavy (non-hydrogen) atoms. The average molecular weight is 384 g/mol. The summed E-state index contributed by atoms with van der Waals surface area (Å²) >= 11 is 18.3. The molecule has 2 aromatic rings. The Balaban J connectivity index is 1.90. The largest absolute Gasteiger partial charge is 0.330 e. The van der Waals surface area contributed by atoms with Gasteiger partial charge in [-0.25, -0.2) is 0 Å². The lowest BCUT2D eigenvalue weighted by molar-refractivity contribution is 0.0676. The second kappa shape index (κ2) is 7.75. The number of rotatable bonds is 4. The topological polar surface area (TPSA) is 32.3 Å². The van der Waals surface area contributed by atoms with E-state index in [2.05, 4.69) is 5.32 Å². The lowest BCUT2D eigenvalue weighted by Gasteiger charge is -2.29. The fourth-order valence-electron chi connectivity index (χ4n) is 2.88. The van der Waals surface area contributed by atoms with Crippen molar-refractivity contribution in [2.24, 2.45) is 0 Å². The van der Waals surface area contributed by atoms with Gasteiger partial charge in [0.2, 0.25) is 0 Å². The van der Waals surface area contributed by atoms with Crippen LogP contribution in [0.2, 0.25) is 15.1 Å². The summed E-state index contributed by atoms with van der Waals surface area (Å²) in [5.41, 5.74) is 1.46. The Morgan fingerprint density at radius 2 is 1.88 bits per heavy atom. The van der Waals surface area contributed by atoms with E-state index in [1.54, 1.807) is 30.3 Å². The highest BCUT2D eigenvalue weighted by Gasteiger charge is 2.28. The van der Waals surface area contributed by atoms with Gasteiger partial charge in [-0.1, -0.05) is 46.9 Å². The first-order valence-electron chi connectivity index (χ1n) is 7.76. The van der Waals surface area contributed by atoms with Crippen molar-refractivity contribution >= 4 is 40.7 Å². The third-order valence-electron chi connectivity index (χ3n) is 4.20. The predicted octanol–water partition coefficient (Wildman–Crippen LogP) is 4.65. The van der Waals surface area contributed by atoms with Gasteiger partial charge in [-0.3, -0.25) is 4.79 Å². The molecule has 0 aliphatic carbocycles. The molecule has 0 unspecified atom stereocenters. The number of carbonyl (C=O) groups excluding carboxylic acids is 1. The normalized spacial score (nSPS) is 17.0. The first-order valence-corrected chi connectivity index (χ1v) is 8.90. The zero-order chi connectivity index (χ0) is 17.1. The molecule has 1 saturated heterocycles. The molecule has 1 amide bonds. The molecule has 3 nitrogen and oxygen atoms in total. The molecule has 3 rings (SSSR count). The van der Waals surface area contributed by atoms with E-state index in [4.69, 9.17) is 34.8 Å². The molecule has 1 heterocycles. The maximum atomic E-state index is 13.0. The van der Waals surface area contributed by atoms with Gasteiger partial charge in [-0.2, -0.15) is 0 Å². The minimum absolute atomic E-state index is 0.0311. The molecule has 1 aliphatic rings. The summed E-state index contributed by atoms with van der Waals surface area (Å²) in [6, 6.07) is 12.6. The summed E-state index contributed by atoms with van der Waals surface area (Å²) in [5.74, 6) is -0.0311. The molecular weight excluding hydrogens is 367 g/mol. The van der Waals surface area contributed by atoms with Crippen LogP contribution in [0.15, 0.2) is 42.5 Å². The van der Waals surface area contributed by atoms with Crippen LogP contribution < -0.4 is 5.32 Å². The van der Waals surface area contributed by atoms with Crippen molar-refractivity contribution in [1.29, 1.82) is 0 Å². The van der Waals surface area contributed by atoms with Crippen molar-refractivity contribution in [3.63, 3.8) is 0 Å². The van der Waals surface area contributed by atoms with E-state index in [1.165, 1.54) is 0 Å². The Morgan fingerprint density at radius 1 is 1.12 bits per heavy atom. The fraction of sp³-hybridized carbons (Fsp3) is 0.278. The van der Waals surface area contributed by atoms with Crippen molar-refractivity contribution in [1.82, 2.24) is 10.2 Å². The van der Waals surface area contributed by atoms with Crippen LogP contribution in [-0.4, -0.2) is 29.9 Å². The van der Waals surface area contributed by atoms with Crippen LogP contribution >= 0.6 is 34.8 Å². The summed E-state index contributed by atoms with van der Waals surface area (Å²) in [6.45, 7) is 2.10. The number of amides is 1. The molecule has 2 aromatic carbocycles. The molecule has 1 atom stereocenters. The van der Waals surface area contributed by atoms with Gasteiger partial charge < -0.3 is 10.2 Å². The highest BCUT2D eigenvalue weighted by Crippen LogP contribution is 2.28. The minimum atomic E-state index is -0.0311. The molecule has 1 fully saturated rings. The van der Waals surface area contributed by atoms with Crippen LogP contribution in [0.5, 0.6) is 0 Å². The third kappa shape index (κ3) is 3.86. The van der Waals surface area contributed by atoms with E-state index >= 15 is 0 Å². The van der Waals surface area contributed by atoms with Crippen LogP contribution in [-0.2, 0) is 6.54 Å². The molecule has 0 saturated carbocycles. The van der Waals surface area contributed by atoms with Gasteiger partial charge in [0.25, 0.3) is 5.91 Å². The van der Waals surface area contributed by atoms with Crippen molar-refractivity contribution in [2.75, 3.05) is 13.1 Å². The van der Waals surface area contributed by atoms with Crippen LogP contribution in [0.25, 0.3) is 0 Å². The molecule has 6 heteroatoms. The lowest BCUT2D eigenvalue weighted by atomic mass is 10.1. The number of halogens is 3. The summed E-state index contributed by atoms with van der Waals surface area (Å²) < 4.78 is 0. The van der Waals surface area contributed by atoms with Crippen LogP contribution in [0.1, 0.15) is 22.3 Å². The molecule has 126 valence electrons. The zero-order valence-corrected chi connectivity index (χ0v) is 15.2. The Labute approximate surface area is 156 Å². The predicted molar refractivity (Wildman–Crippen MR) is 99.1 cm³/mol. The molecular formula is C18H17Cl3N2O. The van der Waals surface area contributed by atoms with Gasteiger partial charge in [0.05, 0.1) is 10.0 Å². The monoisotopic (exact) mass is 382 g/mol. The Kier molecular flexibility index (Phi) is 5.67.